The summed E-state index contributed by atoms with van der Waals surface area (Å²) in [7, 11) is 0. The lowest BCUT2D eigenvalue weighted by Gasteiger charge is -1.80. The van der Waals surface area contributed by atoms with Crippen LogP contribution in [0.3, 0.4) is 0 Å². The summed E-state index contributed by atoms with van der Waals surface area (Å²) in [5.74, 6) is 4.87. The average Bonchev–Trinajstić information content (AvgIpc) is 1.89. The number of ketones is 1. The van der Waals surface area contributed by atoms with Crippen molar-refractivity contribution < 1.29 is 4.79 Å². The fourth-order valence-electron chi connectivity index (χ4n) is 0.522. The summed E-state index contributed by atoms with van der Waals surface area (Å²) in [6, 6.07) is 0. The first-order valence-corrected chi connectivity index (χ1v) is 3.44. The minimum Gasteiger partial charge on any atom is -0.280 e. The van der Waals surface area contributed by atoms with Gasteiger partial charge < -0.3 is 0 Å². The molecule has 0 unspecified atom stereocenters. The van der Waals surface area contributed by atoms with Crippen LogP contribution in [-0.4, -0.2) is 5.78 Å². The molecule has 0 bridgehead atoms. The Bertz CT molecular complexity index is 179. The predicted molar refractivity (Wildman–Crippen MR) is 42.5 cm³/mol. The van der Waals surface area contributed by atoms with Crippen molar-refractivity contribution >= 4 is 5.78 Å². The molecule has 0 saturated heterocycles. The third-order valence-electron chi connectivity index (χ3n) is 0.973. The number of hydrogen-bond acceptors (Lipinski definition) is 1. The molecule has 0 spiro atoms. The molecular formula is C9H12O. The molecule has 0 fully saturated rings. The van der Waals surface area contributed by atoms with Crippen LogP contribution in [0.2, 0.25) is 0 Å². The summed E-state index contributed by atoms with van der Waals surface area (Å²) in [5, 5.41) is 0. The molecule has 0 aliphatic heterocycles. The zero-order valence-electron chi connectivity index (χ0n) is 6.48. The largest absolute Gasteiger partial charge is 0.280 e. The van der Waals surface area contributed by atoms with Crippen LogP contribution < -0.4 is 0 Å². The fraction of sp³-hybridized carbons (Fsp3) is 0.444. The first kappa shape index (κ1) is 8.97. The first-order valence-electron chi connectivity index (χ1n) is 3.44. The van der Waals surface area contributed by atoms with Crippen molar-refractivity contribution in [3.63, 3.8) is 0 Å². The lowest BCUT2D eigenvalue weighted by atomic mass is 10.3. The van der Waals surface area contributed by atoms with E-state index in [4.69, 9.17) is 0 Å². The van der Waals surface area contributed by atoms with E-state index in [9.17, 15) is 4.79 Å². The minimum atomic E-state index is -0.101. The summed E-state index contributed by atoms with van der Waals surface area (Å²) in [6.07, 6.45) is 5.41. The van der Waals surface area contributed by atoms with Crippen LogP contribution in [-0.2, 0) is 4.79 Å². The highest BCUT2D eigenvalue weighted by atomic mass is 16.1. The van der Waals surface area contributed by atoms with Crippen LogP contribution in [0.1, 0.15) is 26.7 Å². The molecule has 54 valence electrons. The van der Waals surface area contributed by atoms with E-state index in [2.05, 4.69) is 18.8 Å². The van der Waals surface area contributed by atoms with E-state index in [1.807, 2.05) is 6.08 Å². The maximum absolute atomic E-state index is 10.7. The smallest absolute Gasteiger partial charge is 0.228 e. The number of unbranched alkanes of at least 4 members (excludes halogenated alkanes) is 1. The zero-order chi connectivity index (χ0) is 7.82. The zero-order valence-corrected chi connectivity index (χ0v) is 6.48. The van der Waals surface area contributed by atoms with Gasteiger partial charge in [0.05, 0.1) is 0 Å². The predicted octanol–water partition coefficient (Wildman–Crippen LogP) is 1.94. The second-order valence-electron chi connectivity index (χ2n) is 1.93. The van der Waals surface area contributed by atoms with Gasteiger partial charge in [-0.2, -0.15) is 0 Å². The SMILES string of the molecule is CC#CC(=O)/C=C/CCC. The Morgan fingerprint density at radius 1 is 1.60 bits per heavy atom. The number of carbonyl (C=O) groups excluding carboxylic acids is 1. The topological polar surface area (TPSA) is 17.1 Å². The van der Waals surface area contributed by atoms with Crippen LogP contribution >= 0.6 is 0 Å². The Hall–Kier alpha value is -1.03. The molecule has 10 heavy (non-hydrogen) atoms. The maximum Gasteiger partial charge on any atom is 0.228 e. The van der Waals surface area contributed by atoms with E-state index in [1.54, 1.807) is 6.92 Å². The van der Waals surface area contributed by atoms with Gasteiger partial charge in [0.15, 0.2) is 0 Å². The Kier molecular flexibility index (Phi) is 5.47. The van der Waals surface area contributed by atoms with E-state index in [1.165, 1.54) is 6.08 Å². The second kappa shape index (κ2) is 6.10. The molecule has 0 aromatic rings. The van der Waals surface area contributed by atoms with Gasteiger partial charge in [-0.15, -0.1) is 0 Å². The van der Waals surface area contributed by atoms with Crippen molar-refractivity contribution in [3.8, 4) is 11.8 Å². The van der Waals surface area contributed by atoms with E-state index in [-0.39, 0.29) is 5.78 Å². The van der Waals surface area contributed by atoms with Gasteiger partial charge >= 0.3 is 0 Å². The van der Waals surface area contributed by atoms with Gasteiger partial charge in [0, 0.05) is 0 Å². The maximum atomic E-state index is 10.7. The van der Waals surface area contributed by atoms with E-state index >= 15 is 0 Å². The monoisotopic (exact) mass is 136 g/mol. The first-order chi connectivity index (χ1) is 4.81. The summed E-state index contributed by atoms with van der Waals surface area (Å²) in [6.45, 7) is 3.73. The van der Waals surface area contributed by atoms with Gasteiger partial charge in [-0.05, 0) is 25.3 Å². The van der Waals surface area contributed by atoms with Crippen molar-refractivity contribution in [3.05, 3.63) is 12.2 Å². The lowest BCUT2D eigenvalue weighted by Crippen LogP contribution is -1.84. The van der Waals surface area contributed by atoms with Crippen molar-refractivity contribution in [2.45, 2.75) is 26.7 Å². The fourth-order valence-corrected chi connectivity index (χ4v) is 0.522. The van der Waals surface area contributed by atoms with Crippen LogP contribution in [0.5, 0.6) is 0 Å². The Morgan fingerprint density at radius 2 is 2.30 bits per heavy atom. The highest BCUT2D eigenvalue weighted by Crippen LogP contribution is 1.87. The molecule has 0 aliphatic carbocycles. The van der Waals surface area contributed by atoms with E-state index in [0.29, 0.717) is 0 Å². The Balaban J connectivity index is 3.63. The van der Waals surface area contributed by atoms with Gasteiger partial charge in [-0.1, -0.05) is 25.3 Å². The van der Waals surface area contributed by atoms with Crippen molar-refractivity contribution in [1.29, 1.82) is 0 Å². The number of rotatable bonds is 3. The van der Waals surface area contributed by atoms with E-state index in [0.717, 1.165) is 12.8 Å². The molecular weight excluding hydrogens is 124 g/mol. The summed E-state index contributed by atoms with van der Waals surface area (Å²) in [4.78, 5) is 10.7. The quantitative estimate of drug-likeness (QED) is 0.329. The van der Waals surface area contributed by atoms with Gasteiger partial charge in [-0.25, -0.2) is 0 Å². The van der Waals surface area contributed by atoms with Gasteiger partial charge in [0.2, 0.25) is 5.78 Å². The molecule has 0 amide bonds. The molecule has 1 nitrogen and oxygen atoms in total. The summed E-state index contributed by atoms with van der Waals surface area (Å²) in [5.41, 5.74) is 0. The normalized spacial score (nSPS) is 9.00. The molecule has 0 saturated carbocycles. The lowest BCUT2D eigenvalue weighted by molar-refractivity contribution is -0.109. The molecule has 1 heteroatoms. The van der Waals surface area contributed by atoms with Crippen molar-refractivity contribution in [2.24, 2.45) is 0 Å². The molecule has 0 rings (SSSR count). The molecule has 0 radical (unpaired) electrons. The molecule has 0 N–H and O–H groups in total. The number of allylic oxidation sites excluding steroid dienone is 2. The molecule has 0 aliphatic rings. The number of hydrogen-bond donors (Lipinski definition) is 0. The molecule has 0 atom stereocenters. The third kappa shape index (κ3) is 5.11. The Morgan fingerprint density at radius 3 is 2.80 bits per heavy atom. The Labute approximate surface area is 62.1 Å². The van der Waals surface area contributed by atoms with Gasteiger partial charge in [-0.3, -0.25) is 4.79 Å². The average molecular weight is 136 g/mol. The van der Waals surface area contributed by atoms with E-state index < -0.39 is 0 Å². The summed E-state index contributed by atoms with van der Waals surface area (Å²) >= 11 is 0. The van der Waals surface area contributed by atoms with Crippen LogP contribution in [0.25, 0.3) is 0 Å². The molecule has 0 heterocycles. The van der Waals surface area contributed by atoms with Gasteiger partial charge in [0.1, 0.15) is 0 Å². The molecule has 0 aromatic carbocycles. The van der Waals surface area contributed by atoms with Crippen LogP contribution in [0.15, 0.2) is 12.2 Å². The standard InChI is InChI=1S/C9H12O/c1-3-5-6-8-9(10)7-4-2/h6,8H,3,5H2,1-2H3/b8-6+. The van der Waals surface area contributed by atoms with Crippen LogP contribution in [0.4, 0.5) is 0 Å². The van der Waals surface area contributed by atoms with Crippen molar-refractivity contribution in [1.82, 2.24) is 0 Å². The number of carbonyl (C=O) groups is 1. The summed E-state index contributed by atoms with van der Waals surface area (Å²) < 4.78 is 0. The molecule has 0 aromatic heterocycles. The highest BCUT2D eigenvalue weighted by Gasteiger charge is 1.83. The second-order valence-corrected chi connectivity index (χ2v) is 1.93. The van der Waals surface area contributed by atoms with Gasteiger partial charge in [0.25, 0.3) is 0 Å². The van der Waals surface area contributed by atoms with Crippen LogP contribution in [0, 0.1) is 11.8 Å². The van der Waals surface area contributed by atoms with Crippen molar-refractivity contribution in [2.75, 3.05) is 0 Å². The minimum absolute atomic E-state index is 0.101. The third-order valence-corrected chi connectivity index (χ3v) is 0.973. The highest BCUT2D eigenvalue weighted by molar-refractivity contribution is 6.04.